The number of para-hydroxylation sites is 3. The molecule has 0 saturated heterocycles. The van der Waals surface area contributed by atoms with Crippen LogP contribution >= 0.6 is 0 Å². The molecular formula is C30H35N3O2. The second kappa shape index (κ2) is 12.7. The smallest absolute Gasteiger partial charge is 0.220 e. The number of rotatable bonds is 13. The highest BCUT2D eigenvalue weighted by atomic mass is 16.5. The topological polar surface area (TPSA) is 56.1 Å². The summed E-state index contributed by atoms with van der Waals surface area (Å²) in [6, 6.07) is 26.6. The molecule has 4 rings (SSSR count). The van der Waals surface area contributed by atoms with E-state index in [2.05, 4.69) is 53.2 Å². The molecule has 0 saturated carbocycles. The number of amides is 1. The van der Waals surface area contributed by atoms with Crippen molar-refractivity contribution in [1.29, 1.82) is 0 Å². The lowest BCUT2D eigenvalue weighted by Gasteiger charge is -2.12. The standard InChI is InChI=1S/C30H35N3O2/c1-24-12-7-10-17-28(24)35-23-22-33-27-16-9-8-15-26(27)32-29(33)18-6-3-11-21-31-30(34)20-19-25-13-4-2-5-14-25/h2,4-5,7-10,12-17H,3,6,11,18-23H2,1H3,(H,31,34). The van der Waals surface area contributed by atoms with Gasteiger partial charge in [0, 0.05) is 19.4 Å². The van der Waals surface area contributed by atoms with Crippen molar-refractivity contribution in [2.24, 2.45) is 0 Å². The molecule has 0 aliphatic heterocycles. The zero-order valence-corrected chi connectivity index (χ0v) is 20.6. The number of hydrogen-bond donors (Lipinski definition) is 1. The van der Waals surface area contributed by atoms with Crippen LogP contribution in [-0.4, -0.2) is 28.6 Å². The van der Waals surface area contributed by atoms with Crippen LogP contribution in [0.1, 0.15) is 42.6 Å². The number of unbranched alkanes of at least 4 members (excludes halogenated alkanes) is 2. The van der Waals surface area contributed by atoms with E-state index < -0.39 is 0 Å². The van der Waals surface area contributed by atoms with Gasteiger partial charge >= 0.3 is 0 Å². The molecule has 1 N–H and O–H groups in total. The number of hydrogen-bond acceptors (Lipinski definition) is 3. The van der Waals surface area contributed by atoms with Crippen LogP contribution < -0.4 is 10.1 Å². The molecule has 1 aromatic heterocycles. The van der Waals surface area contributed by atoms with Crippen LogP contribution in [0.25, 0.3) is 11.0 Å². The fourth-order valence-electron chi connectivity index (χ4n) is 4.33. The first kappa shape index (κ1) is 24.5. The van der Waals surface area contributed by atoms with E-state index in [1.807, 2.05) is 42.5 Å². The number of ether oxygens (including phenoxy) is 1. The van der Waals surface area contributed by atoms with Crippen LogP contribution in [-0.2, 0) is 24.2 Å². The Kier molecular flexibility index (Phi) is 8.93. The van der Waals surface area contributed by atoms with Crippen LogP contribution in [0.3, 0.4) is 0 Å². The molecule has 3 aromatic carbocycles. The molecule has 0 spiro atoms. The molecule has 0 fully saturated rings. The SMILES string of the molecule is Cc1ccccc1OCCn1c(CCCCCNC(=O)CCc2ccccc2)nc2ccccc21. The molecule has 0 atom stereocenters. The molecule has 0 radical (unpaired) electrons. The van der Waals surface area contributed by atoms with Gasteiger partial charge in [0.1, 0.15) is 18.2 Å². The Labute approximate surface area is 208 Å². The van der Waals surface area contributed by atoms with E-state index in [1.54, 1.807) is 0 Å². The van der Waals surface area contributed by atoms with Gasteiger partial charge in [-0.3, -0.25) is 4.79 Å². The van der Waals surface area contributed by atoms with E-state index >= 15 is 0 Å². The van der Waals surface area contributed by atoms with Gasteiger partial charge in [-0.05, 0) is 55.5 Å². The van der Waals surface area contributed by atoms with Crippen LogP contribution in [0.5, 0.6) is 5.75 Å². The largest absolute Gasteiger partial charge is 0.491 e. The average molecular weight is 470 g/mol. The lowest BCUT2D eigenvalue weighted by atomic mass is 10.1. The highest BCUT2D eigenvalue weighted by molar-refractivity contribution is 5.76. The first-order valence-corrected chi connectivity index (χ1v) is 12.6. The molecule has 4 aromatic rings. The minimum Gasteiger partial charge on any atom is -0.491 e. The molecular weight excluding hydrogens is 434 g/mol. The van der Waals surface area contributed by atoms with Gasteiger partial charge in [-0.25, -0.2) is 4.98 Å². The highest BCUT2D eigenvalue weighted by Gasteiger charge is 2.11. The maximum absolute atomic E-state index is 12.1. The number of aromatic nitrogens is 2. The molecule has 5 heteroatoms. The predicted molar refractivity (Wildman–Crippen MR) is 142 cm³/mol. The fraction of sp³-hybridized carbons (Fsp3) is 0.333. The predicted octanol–water partition coefficient (Wildman–Crippen LogP) is 5.89. The monoisotopic (exact) mass is 469 g/mol. The summed E-state index contributed by atoms with van der Waals surface area (Å²) in [5.74, 6) is 2.17. The number of carbonyl (C=O) groups is 1. The molecule has 0 unspecified atom stereocenters. The summed E-state index contributed by atoms with van der Waals surface area (Å²) < 4.78 is 8.34. The zero-order valence-electron chi connectivity index (χ0n) is 20.6. The quantitative estimate of drug-likeness (QED) is 0.249. The van der Waals surface area contributed by atoms with E-state index in [-0.39, 0.29) is 5.91 Å². The second-order valence-corrected chi connectivity index (χ2v) is 8.93. The maximum Gasteiger partial charge on any atom is 0.220 e. The van der Waals surface area contributed by atoms with Crippen molar-refractivity contribution in [2.75, 3.05) is 13.2 Å². The third-order valence-electron chi connectivity index (χ3n) is 6.28. The molecule has 1 amide bonds. The van der Waals surface area contributed by atoms with Crippen molar-refractivity contribution in [3.63, 3.8) is 0 Å². The Hall–Kier alpha value is -3.60. The first-order chi connectivity index (χ1) is 17.2. The van der Waals surface area contributed by atoms with Gasteiger partial charge in [0.25, 0.3) is 0 Å². The molecule has 0 aliphatic carbocycles. The molecule has 0 aliphatic rings. The second-order valence-electron chi connectivity index (χ2n) is 8.93. The van der Waals surface area contributed by atoms with Gasteiger partial charge in [0.15, 0.2) is 0 Å². The van der Waals surface area contributed by atoms with Crippen molar-refractivity contribution < 1.29 is 9.53 Å². The fourth-order valence-corrected chi connectivity index (χ4v) is 4.33. The van der Waals surface area contributed by atoms with Gasteiger partial charge in [-0.1, -0.05) is 67.1 Å². The number of nitrogens with zero attached hydrogens (tertiary/aromatic N) is 2. The van der Waals surface area contributed by atoms with Crippen LogP contribution in [0.4, 0.5) is 0 Å². The molecule has 35 heavy (non-hydrogen) atoms. The van der Waals surface area contributed by atoms with Gasteiger partial charge in [0.05, 0.1) is 17.6 Å². The molecule has 5 nitrogen and oxygen atoms in total. The summed E-state index contributed by atoms with van der Waals surface area (Å²) in [4.78, 5) is 17.0. The Morgan fingerprint density at radius 1 is 0.886 bits per heavy atom. The van der Waals surface area contributed by atoms with Gasteiger partial charge in [-0.15, -0.1) is 0 Å². The van der Waals surface area contributed by atoms with E-state index in [1.165, 1.54) is 5.56 Å². The molecule has 0 bridgehead atoms. The van der Waals surface area contributed by atoms with Crippen LogP contribution in [0, 0.1) is 6.92 Å². The minimum atomic E-state index is 0.129. The number of aryl methyl sites for hydroxylation is 3. The summed E-state index contributed by atoms with van der Waals surface area (Å²) in [7, 11) is 0. The van der Waals surface area contributed by atoms with Crippen LogP contribution in [0.2, 0.25) is 0 Å². The minimum absolute atomic E-state index is 0.129. The van der Waals surface area contributed by atoms with Crippen molar-refractivity contribution in [1.82, 2.24) is 14.9 Å². The Bertz CT molecular complexity index is 1220. The summed E-state index contributed by atoms with van der Waals surface area (Å²) in [6.45, 7) is 4.17. The number of nitrogens with one attached hydrogen (secondary N) is 1. The lowest BCUT2D eigenvalue weighted by Crippen LogP contribution is -2.24. The average Bonchev–Trinajstić information content (AvgIpc) is 3.24. The third kappa shape index (κ3) is 7.19. The molecule has 1 heterocycles. The lowest BCUT2D eigenvalue weighted by molar-refractivity contribution is -0.121. The van der Waals surface area contributed by atoms with Crippen molar-refractivity contribution >= 4 is 16.9 Å². The summed E-state index contributed by atoms with van der Waals surface area (Å²) in [5, 5.41) is 3.06. The summed E-state index contributed by atoms with van der Waals surface area (Å²) in [5.41, 5.74) is 4.54. The van der Waals surface area contributed by atoms with Gasteiger partial charge in [0.2, 0.25) is 5.91 Å². The van der Waals surface area contributed by atoms with E-state index in [0.29, 0.717) is 13.0 Å². The Morgan fingerprint density at radius 3 is 2.51 bits per heavy atom. The number of carbonyl (C=O) groups excluding carboxylic acids is 1. The van der Waals surface area contributed by atoms with E-state index in [9.17, 15) is 4.79 Å². The van der Waals surface area contributed by atoms with Crippen molar-refractivity contribution in [2.45, 2.75) is 52.0 Å². The van der Waals surface area contributed by atoms with Crippen molar-refractivity contribution in [3.05, 3.63) is 95.8 Å². The first-order valence-electron chi connectivity index (χ1n) is 12.6. The Balaban J connectivity index is 1.21. The normalized spacial score (nSPS) is 11.0. The highest BCUT2D eigenvalue weighted by Crippen LogP contribution is 2.20. The van der Waals surface area contributed by atoms with E-state index in [4.69, 9.17) is 9.72 Å². The number of imidazole rings is 1. The van der Waals surface area contributed by atoms with Gasteiger partial charge < -0.3 is 14.6 Å². The maximum atomic E-state index is 12.1. The van der Waals surface area contributed by atoms with Gasteiger partial charge in [-0.2, -0.15) is 0 Å². The molecule has 182 valence electrons. The third-order valence-corrected chi connectivity index (χ3v) is 6.28. The number of benzene rings is 3. The van der Waals surface area contributed by atoms with E-state index in [0.717, 1.165) is 73.4 Å². The number of fused-ring (bicyclic) bond motifs is 1. The summed E-state index contributed by atoms with van der Waals surface area (Å²) in [6.07, 6.45) is 5.33. The zero-order chi connectivity index (χ0) is 24.3. The Morgan fingerprint density at radius 2 is 1.66 bits per heavy atom. The van der Waals surface area contributed by atoms with Crippen molar-refractivity contribution in [3.8, 4) is 5.75 Å². The summed E-state index contributed by atoms with van der Waals surface area (Å²) >= 11 is 0. The van der Waals surface area contributed by atoms with Crippen LogP contribution in [0.15, 0.2) is 78.9 Å².